The van der Waals surface area contributed by atoms with Crippen molar-refractivity contribution >= 4 is 33.3 Å². The zero-order valence-electron chi connectivity index (χ0n) is 17.6. The summed E-state index contributed by atoms with van der Waals surface area (Å²) in [5.74, 6) is 1.79. The molecule has 2 atom stereocenters. The number of furan rings is 1. The summed E-state index contributed by atoms with van der Waals surface area (Å²) in [5, 5.41) is 4.37. The number of rotatable bonds is 4. The molecular formula is C25H26BrN3OS. The predicted molar refractivity (Wildman–Crippen MR) is 131 cm³/mol. The molecule has 1 saturated carbocycles. The van der Waals surface area contributed by atoms with E-state index >= 15 is 0 Å². The molecule has 160 valence electrons. The highest BCUT2D eigenvalue weighted by molar-refractivity contribution is 9.10. The normalized spacial score (nSPS) is 22.0. The first-order chi connectivity index (χ1) is 15.1. The first kappa shape index (κ1) is 20.7. The van der Waals surface area contributed by atoms with Gasteiger partial charge in [-0.2, -0.15) is 0 Å². The lowest BCUT2D eigenvalue weighted by atomic mass is 9.92. The van der Waals surface area contributed by atoms with Crippen molar-refractivity contribution in [2.24, 2.45) is 0 Å². The summed E-state index contributed by atoms with van der Waals surface area (Å²) in [4.78, 5) is 7.03. The van der Waals surface area contributed by atoms with Crippen molar-refractivity contribution in [3.8, 4) is 11.3 Å². The quantitative estimate of drug-likeness (QED) is 0.406. The number of hydrogen-bond donors (Lipinski definition) is 1. The molecule has 1 aromatic carbocycles. The van der Waals surface area contributed by atoms with Crippen molar-refractivity contribution in [2.75, 3.05) is 0 Å². The van der Waals surface area contributed by atoms with Crippen LogP contribution < -0.4 is 5.32 Å². The Morgan fingerprint density at radius 2 is 1.94 bits per heavy atom. The largest absolute Gasteiger partial charge is 0.459 e. The zero-order chi connectivity index (χ0) is 21.4. The molecule has 0 unspecified atom stereocenters. The molecule has 1 saturated heterocycles. The number of benzene rings is 1. The van der Waals surface area contributed by atoms with Gasteiger partial charge in [0.05, 0.1) is 11.7 Å². The molecule has 2 aromatic heterocycles. The van der Waals surface area contributed by atoms with Crippen LogP contribution in [0.15, 0.2) is 63.6 Å². The van der Waals surface area contributed by atoms with Crippen LogP contribution in [0.2, 0.25) is 0 Å². The van der Waals surface area contributed by atoms with E-state index in [1.54, 1.807) is 0 Å². The number of pyridine rings is 1. The van der Waals surface area contributed by atoms with Crippen molar-refractivity contribution < 1.29 is 4.42 Å². The highest BCUT2D eigenvalue weighted by atomic mass is 79.9. The summed E-state index contributed by atoms with van der Waals surface area (Å²) in [5.41, 5.74) is 3.26. The maximum Gasteiger partial charge on any atom is 0.170 e. The van der Waals surface area contributed by atoms with Crippen LogP contribution in [0.25, 0.3) is 11.3 Å². The van der Waals surface area contributed by atoms with Crippen LogP contribution in [0.4, 0.5) is 0 Å². The molecule has 3 heterocycles. The standard InChI is InChI=1S/C25H26BrN3OS/c1-16-10-11-18(19(26)15-16)21-12-13-22(30-21)24-23(20-9-5-6-14-27-20)28-25(31)29(24)17-7-3-2-4-8-17/h5-6,9-15,17,23-24H,2-4,7-8H2,1H3,(H,28,31)/t23-,24-/m1/s1. The number of hydrogen-bond acceptors (Lipinski definition) is 3. The van der Waals surface area contributed by atoms with E-state index in [0.717, 1.165) is 32.4 Å². The molecule has 31 heavy (non-hydrogen) atoms. The zero-order valence-corrected chi connectivity index (χ0v) is 20.0. The van der Waals surface area contributed by atoms with Gasteiger partial charge in [-0.05, 0) is 73.9 Å². The Balaban J connectivity index is 1.55. The third-order valence-corrected chi connectivity index (χ3v) is 7.40. The molecule has 0 amide bonds. The van der Waals surface area contributed by atoms with Gasteiger partial charge in [-0.1, -0.05) is 47.3 Å². The average Bonchev–Trinajstić information content (AvgIpc) is 3.39. The number of nitrogens with one attached hydrogen (secondary N) is 1. The van der Waals surface area contributed by atoms with E-state index in [9.17, 15) is 0 Å². The van der Waals surface area contributed by atoms with Crippen LogP contribution in [-0.4, -0.2) is 21.0 Å². The Hall–Kier alpha value is -2.18. The van der Waals surface area contributed by atoms with Gasteiger partial charge >= 0.3 is 0 Å². The molecule has 1 aliphatic carbocycles. The second-order valence-corrected chi connectivity index (χ2v) is 9.75. The van der Waals surface area contributed by atoms with Crippen molar-refractivity contribution in [1.82, 2.24) is 15.2 Å². The molecular weight excluding hydrogens is 470 g/mol. The molecule has 0 spiro atoms. The van der Waals surface area contributed by atoms with Gasteiger partial charge in [0.15, 0.2) is 5.11 Å². The highest BCUT2D eigenvalue weighted by Crippen LogP contribution is 2.44. The third kappa shape index (κ3) is 4.03. The van der Waals surface area contributed by atoms with E-state index in [0.29, 0.717) is 6.04 Å². The van der Waals surface area contributed by atoms with Crippen LogP contribution in [0.5, 0.6) is 0 Å². The van der Waals surface area contributed by atoms with Gasteiger partial charge in [-0.25, -0.2) is 0 Å². The van der Waals surface area contributed by atoms with Gasteiger partial charge in [-0.3, -0.25) is 4.98 Å². The number of aryl methyl sites for hydroxylation is 1. The molecule has 2 aliphatic rings. The monoisotopic (exact) mass is 495 g/mol. The van der Waals surface area contributed by atoms with Crippen LogP contribution in [0, 0.1) is 6.92 Å². The predicted octanol–water partition coefficient (Wildman–Crippen LogP) is 6.72. The second kappa shape index (κ2) is 8.75. The van der Waals surface area contributed by atoms with Gasteiger partial charge in [0.2, 0.25) is 0 Å². The third-order valence-electron chi connectivity index (χ3n) is 6.41. The summed E-state index contributed by atoms with van der Waals surface area (Å²) in [6, 6.07) is 17.0. The first-order valence-electron chi connectivity index (χ1n) is 11.0. The molecule has 5 rings (SSSR count). The molecule has 3 aromatic rings. The lowest BCUT2D eigenvalue weighted by Gasteiger charge is -2.36. The SMILES string of the molecule is Cc1ccc(-c2ccc([C@@H]3[C@@H](c4ccccn4)NC(=S)N3C3CCCCC3)o2)c(Br)c1. The van der Waals surface area contributed by atoms with E-state index in [2.05, 4.69) is 74.5 Å². The Bertz CT molecular complexity index is 1080. The smallest absolute Gasteiger partial charge is 0.170 e. The van der Waals surface area contributed by atoms with Crippen molar-refractivity contribution in [3.05, 3.63) is 76.2 Å². The number of halogens is 1. The second-order valence-electron chi connectivity index (χ2n) is 8.51. The average molecular weight is 496 g/mol. The summed E-state index contributed by atoms with van der Waals surface area (Å²) in [7, 11) is 0. The summed E-state index contributed by atoms with van der Waals surface area (Å²) >= 11 is 9.54. The maximum atomic E-state index is 6.50. The van der Waals surface area contributed by atoms with E-state index < -0.39 is 0 Å². The Kier molecular flexibility index (Phi) is 5.85. The van der Waals surface area contributed by atoms with Gasteiger partial charge in [-0.15, -0.1) is 0 Å². The van der Waals surface area contributed by atoms with Gasteiger partial charge in [0.1, 0.15) is 17.6 Å². The van der Waals surface area contributed by atoms with E-state index in [4.69, 9.17) is 16.6 Å². The van der Waals surface area contributed by atoms with Crippen LogP contribution >= 0.6 is 28.1 Å². The minimum absolute atomic E-state index is 0.0107. The number of nitrogens with zero attached hydrogens (tertiary/aromatic N) is 2. The van der Waals surface area contributed by atoms with Gasteiger partial charge in [0.25, 0.3) is 0 Å². The van der Waals surface area contributed by atoms with Crippen molar-refractivity contribution in [1.29, 1.82) is 0 Å². The maximum absolute atomic E-state index is 6.50. The molecule has 6 heteroatoms. The fourth-order valence-corrected chi connectivity index (χ4v) is 5.98. The molecule has 0 bridgehead atoms. The van der Waals surface area contributed by atoms with Crippen molar-refractivity contribution in [2.45, 2.75) is 57.2 Å². The van der Waals surface area contributed by atoms with E-state index in [1.807, 2.05) is 18.3 Å². The van der Waals surface area contributed by atoms with E-state index in [1.165, 1.54) is 37.7 Å². The Morgan fingerprint density at radius 1 is 1.10 bits per heavy atom. The summed E-state index contributed by atoms with van der Waals surface area (Å²) < 4.78 is 7.54. The Labute approximate surface area is 197 Å². The minimum Gasteiger partial charge on any atom is -0.459 e. The lowest BCUT2D eigenvalue weighted by Crippen LogP contribution is -2.40. The van der Waals surface area contributed by atoms with Gasteiger partial charge < -0.3 is 14.6 Å². The topological polar surface area (TPSA) is 41.3 Å². The minimum atomic E-state index is -0.0314. The fourth-order valence-electron chi connectivity index (χ4n) is 4.90. The fraction of sp³-hybridized carbons (Fsp3) is 0.360. The van der Waals surface area contributed by atoms with Crippen LogP contribution in [-0.2, 0) is 0 Å². The summed E-state index contributed by atoms with van der Waals surface area (Å²) in [6.07, 6.45) is 8.01. The first-order valence-corrected chi connectivity index (χ1v) is 12.2. The van der Waals surface area contributed by atoms with Gasteiger partial charge in [0, 0.05) is 22.3 Å². The molecule has 1 aliphatic heterocycles. The molecule has 2 fully saturated rings. The van der Waals surface area contributed by atoms with E-state index in [-0.39, 0.29) is 12.1 Å². The number of aromatic nitrogens is 1. The molecule has 4 nitrogen and oxygen atoms in total. The molecule has 0 radical (unpaired) electrons. The highest BCUT2D eigenvalue weighted by Gasteiger charge is 2.44. The number of thiocarbonyl (C=S) groups is 1. The van der Waals surface area contributed by atoms with Crippen LogP contribution in [0.3, 0.4) is 0 Å². The lowest BCUT2D eigenvalue weighted by molar-refractivity contribution is 0.179. The Morgan fingerprint density at radius 3 is 2.68 bits per heavy atom. The van der Waals surface area contributed by atoms with Crippen molar-refractivity contribution in [3.63, 3.8) is 0 Å². The molecule has 1 N–H and O–H groups in total. The summed E-state index contributed by atoms with van der Waals surface area (Å²) in [6.45, 7) is 2.09. The van der Waals surface area contributed by atoms with Crippen LogP contribution in [0.1, 0.15) is 61.2 Å².